The summed E-state index contributed by atoms with van der Waals surface area (Å²) in [7, 11) is 0. The fourth-order valence-corrected chi connectivity index (χ4v) is 4.55. The highest BCUT2D eigenvalue weighted by Crippen LogP contribution is 2.27. The molecule has 0 N–H and O–H groups in total. The van der Waals surface area contributed by atoms with Crippen molar-refractivity contribution < 1.29 is 9.53 Å². The average Bonchev–Trinajstić information content (AvgIpc) is 3.10. The number of carbonyl (C=O) groups is 1. The fraction of sp³-hybridized carbons (Fsp3) is 0.259. The van der Waals surface area contributed by atoms with Gasteiger partial charge in [-0.3, -0.25) is 9.78 Å². The van der Waals surface area contributed by atoms with Crippen molar-refractivity contribution in [3.8, 4) is 11.8 Å². The highest BCUT2D eigenvalue weighted by atomic mass is 16.5. The van der Waals surface area contributed by atoms with E-state index >= 15 is 0 Å². The number of carbonyl (C=O) groups excluding carboxylic acids is 1. The van der Waals surface area contributed by atoms with Crippen molar-refractivity contribution in [1.29, 1.82) is 0 Å². The van der Waals surface area contributed by atoms with Gasteiger partial charge in [-0.25, -0.2) is 9.97 Å². The van der Waals surface area contributed by atoms with E-state index in [-0.39, 0.29) is 11.9 Å². The molecule has 0 aliphatic carbocycles. The number of pyridine rings is 1. The third-order valence-electron chi connectivity index (χ3n) is 6.21. The summed E-state index contributed by atoms with van der Waals surface area (Å²) in [6.45, 7) is 1.54. The van der Waals surface area contributed by atoms with Crippen LogP contribution in [0.5, 0.6) is 11.8 Å². The second kappa shape index (κ2) is 9.77. The number of amides is 1. The molecule has 4 aromatic rings. The molecule has 0 radical (unpaired) electrons. The fourth-order valence-electron chi connectivity index (χ4n) is 4.55. The van der Waals surface area contributed by atoms with E-state index in [4.69, 9.17) is 4.74 Å². The lowest BCUT2D eigenvalue weighted by molar-refractivity contribution is 0.0759. The van der Waals surface area contributed by atoms with Gasteiger partial charge in [-0.05, 0) is 73.6 Å². The van der Waals surface area contributed by atoms with Crippen LogP contribution in [0.15, 0.2) is 79.3 Å². The van der Waals surface area contributed by atoms with Gasteiger partial charge < -0.3 is 9.64 Å². The zero-order valence-electron chi connectivity index (χ0n) is 18.4. The van der Waals surface area contributed by atoms with E-state index in [1.165, 1.54) is 10.9 Å². The van der Waals surface area contributed by atoms with E-state index in [9.17, 15) is 4.79 Å². The Bertz CT molecular complexity index is 1240. The summed E-state index contributed by atoms with van der Waals surface area (Å²) in [6.07, 6.45) is 9.23. The van der Waals surface area contributed by atoms with E-state index in [0.29, 0.717) is 17.2 Å². The number of fused-ring (bicyclic) bond motifs is 1. The van der Waals surface area contributed by atoms with Gasteiger partial charge in [0.15, 0.2) is 0 Å². The molecule has 2 aromatic carbocycles. The van der Waals surface area contributed by atoms with Crippen LogP contribution in [0.25, 0.3) is 10.9 Å². The Labute approximate surface area is 193 Å². The van der Waals surface area contributed by atoms with Gasteiger partial charge in [0.05, 0.1) is 5.52 Å². The third kappa shape index (κ3) is 5.00. The molecule has 6 nitrogen and oxygen atoms in total. The summed E-state index contributed by atoms with van der Waals surface area (Å²) in [5.74, 6) is 1.16. The van der Waals surface area contributed by atoms with Crippen LogP contribution in [-0.4, -0.2) is 38.8 Å². The van der Waals surface area contributed by atoms with Gasteiger partial charge >= 0.3 is 6.01 Å². The Kier molecular flexibility index (Phi) is 6.24. The maximum Gasteiger partial charge on any atom is 0.321 e. The highest BCUT2D eigenvalue weighted by molar-refractivity contribution is 5.94. The van der Waals surface area contributed by atoms with Crippen LogP contribution in [0.4, 0.5) is 0 Å². The number of nitrogens with zero attached hydrogens (tertiary/aromatic N) is 4. The van der Waals surface area contributed by atoms with E-state index in [0.717, 1.165) is 44.3 Å². The van der Waals surface area contributed by atoms with Crippen LogP contribution in [0.2, 0.25) is 0 Å². The molecule has 1 aliphatic rings. The summed E-state index contributed by atoms with van der Waals surface area (Å²) in [5.41, 5.74) is 3.02. The molecule has 1 unspecified atom stereocenters. The van der Waals surface area contributed by atoms with Crippen molar-refractivity contribution >= 4 is 16.8 Å². The van der Waals surface area contributed by atoms with Gasteiger partial charge in [-0.15, -0.1) is 0 Å². The van der Waals surface area contributed by atoms with Crippen LogP contribution >= 0.6 is 0 Å². The molecule has 1 fully saturated rings. The normalized spacial score (nSPS) is 16.4. The summed E-state index contributed by atoms with van der Waals surface area (Å²) in [6, 6.07) is 19.8. The summed E-state index contributed by atoms with van der Waals surface area (Å²) in [4.78, 5) is 27.8. The van der Waals surface area contributed by atoms with E-state index in [2.05, 4.69) is 39.2 Å². The van der Waals surface area contributed by atoms with Gasteiger partial charge in [0.2, 0.25) is 0 Å². The second-order valence-corrected chi connectivity index (χ2v) is 8.44. The van der Waals surface area contributed by atoms with E-state index in [1.54, 1.807) is 24.5 Å². The zero-order chi connectivity index (χ0) is 22.5. The monoisotopic (exact) mass is 438 g/mol. The molecule has 0 bridgehead atoms. The topological polar surface area (TPSA) is 68.2 Å². The summed E-state index contributed by atoms with van der Waals surface area (Å²) in [5, 5.41) is 1.23. The van der Waals surface area contributed by atoms with Crippen LogP contribution in [-0.2, 0) is 6.42 Å². The number of aromatic nitrogens is 3. The number of rotatable bonds is 5. The highest BCUT2D eigenvalue weighted by Gasteiger charge is 2.22. The maximum atomic E-state index is 13.2. The molecule has 0 spiro atoms. The van der Waals surface area contributed by atoms with Gasteiger partial charge in [0.25, 0.3) is 5.91 Å². The van der Waals surface area contributed by atoms with Gasteiger partial charge in [-0.2, -0.15) is 0 Å². The van der Waals surface area contributed by atoms with Gasteiger partial charge in [0, 0.05) is 42.6 Å². The first-order valence-corrected chi connectivity index (χ1v) is 11.4. The standard InChI is InChI=1S/C27H26N4O2/c32-26(22-8-1-9-23(19-22)33-27-29-14-5-15-30-27)31-16-4-6-20(12-17-31)18-21-7-2-11-25-24(21)10-3-13-28-25/h1-3,5,7-11,13-15,19-20H,4,6,12,16-18H2. The second-order valence-electron chi connectivity index (χ2n) is 8.44. The molecule has 6 heteroatoms. The van der Waals surface area contributed by atoms with Gasteiger partial charge in [-0.1, -0.05) is 24.3 Å². The molecule has 1 amide bonds. The SMILES string of the molecule is O=C(c1cccc(Oc2ncccn2)c1)N1CCCC(Cc2cccc3ncccc23)CC1. The first-order valence-electron chi connectivity index (χ1n) is 11.4. The van der Waals surface area contributed by atoms with Crippen molar-refractivity contribution in [3.63, 3.8) is 0 Å². The van der Waals surface area contributed by atoms with Crippen LogP contribution in [0.1, 0.15) is 35.2 Å². The Balaban J connectivity index is 1.24. The lowest BCUT2D eigenvalue weighted by Crippen LogP contribution is -2.32. The molecule has 1 aliphatic heterocycles. The van der Waals surface area contributed by atoms with Crippen LogP contribution < -0.4 is 4.74 Å². The number of hydrogen-bond donors (Lipinski definition) is 0. The maximum absolute atomic E-state index is 13.2. The first kappa shape index (κ1) is 21.1. The molecule has 1 atom stereocenters. The lowest BCUT2D eigenvalue weighted by atomic mass is 9.91. The molecule has 5 rings (SSSR count). The largest absolute Gasteiger partial charge is 0.424 e. The molecule has 2 aromatic heterocycles. The molecular formula is C27H26N4O2. The van der Waals surface area contributed by atoms with Gasteiger partial charge in [0.1, 0.15) is 5.75 Å². The van der Waals surface area contributed by atoms with Crippen molar-refractivity contribution in [3.05, 3.63) is 90.4 Å². The molecule has 166 valence electrons. The number of ether oxygens (including phenoxy) is 1. The third-order valence-corrected chi connectivity index (χ3v) is 6.21. The molecule has 0 saturated carbocycles. The lowest BCUT2D eigenvalue weighted by Gasteiger charge is -2.21. The quantitative estimate of drug-likeness (QED) is 0.423. The van der Waals surface area contributed by atoms with Crippen molar-refractivity contribution in [2.75, 3.05) is 13.1 Å². The molecular weight excluding hydrogens is 412 g/mol. The minimum Gasteiger partial charge on any atom is -0.424 e. The number of likely N-dealkylation sites (tertiary alicyclic amines) is 1. The Morgan fingerprint density at radius 1 is 0.909 bits per heavy atom. The zero-order valence-corrected chi connectivity index (χ0v) is 18.4. The van der Waals surface area contributed by atoms with E-state index in [1.807, 2.05) is 35.4 Å². The Morgan fingerprint density at radius 3 is 2.67 bits per heavy atom. The smallest absolute Gasteiger partial charge is 0.321 e. The predicted octanol–water partition coefficient (Wildman–Crippen LogP) is 5.30. The van der Waals surface area contributed by atoms with Crippen molar-refractivity contribution in [2.24, 2.45) is 5.92 Å². The molecule has 1 saturated heterocycles. The minimum absolute atomic E-state index is 0.0458. The molecule has 3 heterocycles. The number of hydrogen-bond acceptors (Lipinski definition) is 5. The Hall–Kier alpha value is -3.80. The molecule has 33 heavy (non-hydrogen) atoms. The average molecular weight is 439 g/mol. The summed E-state index contributed by atoms with van der Waals surface area (Å²) >= 11 is 0. The van der Waals surface area contributed by atoms with Crippen LogP contribution in [0.3, 0.4) is 0 Å². The van der Waals surface area contributed by atoms with Crippen molar-refractivity contribution in [2.45, 2.75) is 25.7 Å². The van der Waals surface area contributed by atoms with E-state index < -0.39 is 0 Å². The summed E-state index contributed by atoms with van der Waals surface area (Å²) < 4.78 is 5.70. The predicted molar refractivity (Wildman–Crippen MR) is 127 cm³/mol. The first-order chi connectivity index (χ1) is 16.3. The minimum atomic E-state index is 0.0458. The number of benzene rings is 2. The Morgan fingerprint density at radius 2 is 1.76 bits per heavy atom. The van der Waals surface area contributed by atoms with Crippen molar-refractivity contribution in [1.82, 2.24) is 19.9 Å². The van der Waals surface area contributed by atoms with Crippen LogP contribution in [0, 0.1) is 5.92 Å².